The van der Waals surface area contributed by atoms with Gasteiger partial charge in [0.1, 0.15) is 35.9 Å². The highest BCUT2D eigenvalue weighted by Gasteiger charge is 2.43. The summed E-state index contributed by atoms with van der Waals surface area (Å²) >= 11 is 5.98. The second-order valence-corrected chi connectivity index (χ2v) is 7.32. The summed E-state index contributed by atoms with van der Waals surface area (Å²) in [4.78, 5) is 16.6. The molecule has 29 heavy (non-hydrogen) atoms. The number of aromatic nitrogens is 3. The third-order valence-electron chi connectivity index (χ3n) is 4.95. The summed E-state index contributed by atoms with van der Waals surface area (Å²) < 4.78 is 12.6. The standard InChI is InChI=1S/C20H20ClN3O5/c1-11-13-7-8-16(21)23-24(13)17(22-11)9-14-18(25)19(26)15(29-14)10-28-20(27)12-5-3-2-4-6-12/h2-8,14-15,18-19,25-26H,9-10H2,1H3/t14-,15+,18-,19+/m0/s1. The number of fused-ring (bicyclic) bond motifs is 1. The SMILES string of the molecule is Cc1nc(C[C@@H]2O[C@H](COC(=O)c3ccccc3)[C@@H](O)[C@H]2O)n2nc(Cl)ccc12. The van der Waals surface area contributed by atoms with Gasteiger partial charge in [-0.15, -0.1) is 0 Å². The van der Waals surface area contributed by atoms with E-state index < -0.39 is 30.4 Å². The quantitative estimate of drug-likeness (QED) is 0.607. The summed E-state index contributed by atoms with van der Waals surface area (Å²) in [6.45, 7) is 1.68. The van der Waals surface area contributed by atoms with Crippen molar-refractivity contribution in [3.05, 3.63) is 64.7 Å². The zero-order valence-corrected chi connectivity index (χ0v) is 16.4. The number of hydrogen-bond donors (Lipinski definition) is 2. The lowest BCUT2D eigenvalue weighted by Crippen LogP contribution is -2.35. The van der Waals surface area contributed by atoms with Gasteiger partial charge in [-0.2, -0.15) is 5.10 Å². The minimum atomic E-state index is -1.19. The van der Waals surface area contributed by atoms with Gasteiger partial charge in [0.25, 0.3) is 0 Å². The van der Waals surface area contributed by atoms with Gasteiger partial charge < -0.3 is 19.7 Å². The third-order valence-corrected chi connectivity index (χ3v) is 5.15. The molecule has 0 saturated carbocycles. The minimum Gasteiger partial charge on any atom is -0.459 e. The predicted octanol–water partition coefficient (Wildman–Crippen LogP) is 1.58. The van der Waals surface area contributed by atoms with Gasteiger partial charge in [-0.25, -0.2) is 14.3 Å². The number of carbonyl (C=O) groups is 1. The molecule has 0 radical (unpaired) electrons. The Labute approximate surface area is 171 Å². The van der Waals surface area contributed by atoms with E-state index in [2.05, 4.69) is 10.1 Å². The molecule has 9 heteroatoms. The average molecular weight is 418 g/mol. The maximum absolute atomic E-state index is 12.1. The number of imidazole rings is 1. The van der Waals surface area contributed by atoms with Crippen LogP contribution in [-0.4, -0.2) is 61.8 Å². The lowest BCUT2D eigenvalue weighted by Gasteiger charge is -2.14. The van der Waals surface area contributed by atoms with E-state index in [4.69, 9.17) is 21.1 Å². The van der Waals surface area contributed by atoms with Crippen molar-refractivity contribution < 1.29 is 24.5 Å². The van der Waals surface area contributed by atoms with Crippen LogP contribution < -0.4 is 0 Å². The molecule has 4 atom stereocenters. The van der Waals surface area contributed by atoms with Crippen LogP contribution in [0.5, 0.6) is 0 Å². The summed E-state index contributed by atoms with van der Waals surface area (Å²) in [6.07, 6.45) is -3.69. The monoisotopic (exact) mass is 417 g/mol. The largest absolute Gasteiger partial charge is 0.459 e. The first kappa shape index (κ1) is 19.8. The topological polar surface area (TPSA) is 106 Å². The van der Waals surface area contributed by atoms with Gasteiger partial charge in [-0.1, -0.05) is 29.8 Å². The summed E-state index contributed by atoms with van der Waals surface area (Å²) in [5.74, 6) is 0.0336. The summed E-state index contributed by atoms with van der Waals surface area (Å²) in [7, 11) is 0. The van der Waals surface area contributed by atoms with E-state index in [1.165, 1.54) is 0 Å². The van der Waals surface area contributed by atoms with Crippen LogP contribution in [0.2, 0.25) is 5.15 Å². The molecule has 0 aliphatic carbocycles. The van der Waals surface area contributed by atoms with Crippen molar-refractivity contribution in [1.82, 2.24) is 14.6 Å². The van der Waals surface area contributed by atoms with Gasteiger partial charge in [0.05, 0.1) is 22.9 Å². The van der Waals surface area contributed by atoms with Gasteiger partial charge in [0.15, 0.2) is 0 Å². The van der Waals surface area contributed by atoms with Crippen molar-refractivity contribution in [2.24, 2.45) is 0 Å². The second-order valence-electron chi connectivity index (χ2n) is 6.93. The van der Waals surface area contributed by atoms with Gasteiger partial charge in [0.2, 0.25) is 0 Å². The molecule has 1 saturated heterocycles. The first-order valence-electron chi connectivity index (χ1n) is 9.18. The molecular formula is C20H20ClN3O5. The molecule has 1 aliphatic heterocycles. The number of aryl methyl sites for hydroxylation is 1. The molecule has 3 aromatic rings. The number of hydrogen-bond acceptors (Lipinski definition) is 7. The van der Waals surface area contributed by atoms with Crippen LogP contribution in [-0.2, 0) is 15.9 Å². The van der Waals surface area contributed by atoms with E-state index in [0.29, 0.717) is 16.5 Å². The maximum atomic E-state index is 12.1. The molecule has 1 aromatic carbocycles. The van der Waals surface area contributed by atoms with Crippen molar-refractivity contribution in [2.45, 2.75) is 37.8 Å². The van der Waals surface area contributed by atoms with E-state index >= 15 is 0 Å². The highest BCUT2D eigenvalue weighted by Crippen LogP contribution is 2.25. The number of nitrogens with zero attached hydrogens (tertiary/aromatic N) is 3. The van der Waals surface area contributed by atoms with E-state index in [0.717, 1.165) is 11.2 Å². The van der Waals surface area contributed by atoms with E-state index in [1.54, 1.807) is 40.9 Å². The van der Waals surface area contributed by atoms with Crippen LogP contribution in [0.1, 0.15) is 21.9 Å². The maximum Gasteiger partial charge on any atom is 0.338 e. The summed E-state index contributed by atoms with van der Waals surface area (Å²) in [5.41, 5.74) is 1.97. The number of aliphatic hydroxyl groups is 2. The third kappa shape index (κ3) is 3.97. The van der Waals surface area contributed by atoms with Crippen molar-refractivity contribution in [1.29, 1.82) is 0 Å². The second kappa shape index (κ2) is 8.08. The fourth-order valence-corrected chi connectivity index (χ4v) is 3.57. The van der Waals surface area contributed by atoms with E-state index in [1.807, 2.05) is 13.0 Å². The number of aliphatic hydroxyl groups excluding tert-OH is 2. The number of rotatable bonds is 5. The summed E-state index contributed by atoms with van der Waals surface area (Å²) in [5, 5.41) is 25.3. The van der Waals surface area contributed by atoms with Crippen LogP contribution in [0.25, 0.3) is 5.52 Å². The molecule has 0 unspecified atom stereocenters. The molecule has 2 aromatic heterocycles. The van der Waals surface area contributed by atoms with Crippen molar-refractivity contribution in [3.8, 4) is 0 Å². The smallest absolute Gasteiger partial charge is 0.338 e. The molecule has 4 rings (SSSR count). The van der Waals surface area contributed by atoms with Crippen molar-refractivity contribution >= 4 is 23.1 Å². The fraction of sp³-hybridized carbons (Fsp3) is 0.350. The zero-order chi connectivity index (χ0) is 20.5. The average Bonchev–Trinajstić information content (AvgIpc) is 3.17. The fourth-order valence-electron chi connectivity index (χ4n) is 3.43. The number of halogens is 1. The van der Waals surface area contributed by atoms with Crippen molar-refractivity contribution in [3.63, 3.8) is 0 Å². The summed E-state index contributed by atoms with van der Waals surface area (Å²) in [6, 6.07) is 12.0. The van der Waals surface area contributed by atoms with Crippen molar-refractivity contribution in [2.75, 3.05) is 6.61 Å². The lowest BCUT2D eigenvalue weighted by molar-refractivity contribution is -0.0336. The van der Waals surface area contributed by atoms with E-state index in [-0.39, 0.29) is 13.0 Å². The Morgan fingerprint density at radius 2 is 1.90 bits per heavy atom. The highest BCUT2D eigenvalue weighted by molar-refractivity contribution is 6.29. The number of carbonyl (C=O) groups excluding carboxylic acids is 1. The first-order valence-corrected chi connectivity index (χ1v) is 9.56. The molecule has 0 amide bonds. The Kier molecular flexibility index (Phi) is 5.51. The Balaban J connectivity index is 1.44. The van der Waals surface area contributed by atoms with Gasteiger partial charge in [0, 0.05) is 6.42 Å². The molecule has 152 valence electrons. The van der Waals surface area contributed by atoms with Crippen LogP contribution >= 0.6 is 11.6 Å². The van der Waals surface area contributed by atoms with Gasteiger partial charge in [-0.05, 0) is 31.2 Å². The first-order chi connectivity index (χ1) is 13.9. The Morgan fingerprint density at radius 3 is 2.66 bits per heavy atom. The molecular weight excluding hydrogens is 398 g/mol. The Morgan fingerprint density at radius 1 is 1.17 bits per heavy atom. The Bertz CT molecular complexity index is 1030. The van der Waals surface area contributed by atoms with E-state index in [9.17, 15) is 15.0 Å². The lowest BCUT2D eigenvalue weighted by atomic mass is 10.1. The van der Waals surface area contributed by atoms with Crippen LogP contribution in [0.3, 0.4) is 0 Å². The molecule has 0 bridgehead atoms. The normalized spacial score (nSPS) is 24.1. The zero-order valence-electron chi connectivity index (χ0n) is 15.6. The van der Waals surface area contributed by atoms with Gasteiger partial charge in [-0.3, -0.25) is 0 Å². The number of esters is 1. The molecule has 2 N–H and O–H groups in total. The molecule has 1 aliphatic rings. The molecule has 3 heterocycles. The number of ether oxygens (including phenoxy) is 2. The molecule has 8 nitrogen and oxygen atoms in total. The Hall–Kier alpha value is -2.52. The predicted molar refractivity (Wildman–Crippen MR) is 104 cm³/mol. The van der Waals surface area contributed by atoms with Gasteiger partial charge >= 0.3 is 5.97 Å². The van der Waals surface area contributed by atoms with Crippen LogP contribution in [0.4, 0.5) is 0 Å². The molecule has 0 spiro atoms. The highest BCUT2D eigenvalue weighted by atomic mass is 35.5. The molecule has 1 fully saturated rings. The minimum absolute atomic E-state index is 0.173. The van der Waals surface area contributed by atoms with Crippen LogP contribution in [0, 0.1) is 6.92 Å². The number of benzene rings is 1. The van der Waals surface area contributed by atoms with Crippen LogP contribution in [0.15, 0.2) is 42.5 Å².